The highest BCUT2D eigenvalue weighted by molar-refractivity contribution is 5.96. The molecule has 0 radical (unpaired) electrons. The number of hydrogen-bond donors (Lipinski definition) is 1. The van der Waals surface area contributed by atoms with Crippen LogP contribution in [-0.4, -0.2) is 49.9 Å². The van der Waals surface area contributed by atoms with E-state index in [9.17, 15) is 28.3 Å². The molecular formula is C26H31F2N3O4. The molecule has 2 heterocycles. The van der Waals surface area contributed by atoms with E-state index in [1.807, 2.05) is 13.8 Å². The van der Waals surface area contributed by atoms with Crippen LogP contribution in [-0.2, 0) is 24.3 Å². The maximum Gasteiger partial charge on any atom is 0.274 e. The third-order valence-corrected chi connectivity index (χ3v) is 7.05. The minimum atomic E-state index is -0.778. The van der Waals surface area contributed by atoms with Crippen LogP contribution in [0.5, 0.6) is 5.75 Å². The van der Waals surface area contributed by atoms with Gasteiger partial charge in [0.2, 0.25) is 11.3 Å². The van der Waals surface area contributed by atoms with Crippen molar-refractivity contribution in [1.82, 2.24) is 14.4 Å². The highest BCUT2D eigenvalue weighted by Crippen LogP contribution is 2.28. The van der Waals surface area contributed by atoms with Crippen molar-refractivity contribution in [2.45, 2.75) is 77.5 Å². The average Bonchev–Trinajstić information content (AvgIpc) is 2.82. The van der Waals surface area contributed by atoms with Crippen LogP contribution in [0.2, 0.25) is 0 Å². The molecule has 2 amide bonds. The van der Waals surface area contributed by atoms with Gasteiger partial charge in [0.05, 0.1) is 13.0 Å². The second-order valence-corrected chi connectivity index (χ2v) is 9.67. The Morgan fingerprint density at radius 1 is 1.11 bits per heavy atom. The van der Waals surface area contributed by atoms with Crippen LogP contribution in [0.4, 0.5) is 8.78 Å². The summed E-state index contributed by atoms with van der Waals surface area (Å²) in [6, 6.07) is 4.24. The average molecular weight is 488 g/mol. The molecule has 35 heavy (non-hydrogen) atoms. The summed E-state index contributed by atoms with van der Waals surface area (Å²) in [5.41, 5.74) is -0.179. The Morgan fingerprint density at radius 3 is 2.49 bits per heavy atom. The monoisotopic (exact) mass is 487 g/mol. The van der Waals surface area contributed by atoms with E-state index in [1.54, 1.807) is 14.4 Å². The Morgan fingerprint density at radius 2 is 1.83 bits per heavy atom. The molecule has 188 valence electrons. The van der Waals surface area contributed by atoms with Crippen molar-refractivity contribution in [1.29, 1.82) is 0 Å². The summed E-state index contributed by atoms with van der Waals surface area (Å²) in [5, 5.41) is 10.4. The van der Waals surface area contributed by atoms with Gasteiger partial charge in [0, 0.05) is 43.0 Å². The fraction of sp³-hybridized carbons (Fsp3) is 0.500. The molecule has 1 saturated carbocycles. The maximum atomic E-state index is 14.3. The first-order chi connectivity index (χ1) is 16.7. The smallest absolute Gasteiger partial charge is 0.274 e. The molecule has 0 saturated heterocycles. The summed E-state index contributed by atoms with van der Waals surface area (Å²) in [6.45, 7) is 4.58. The van der Waals surface area contributed by atoms with Crippen molar-refractivity contribution in [3.8, 4) is 5.75 Å². The molecule has 1 aromatic heterocycles. The molecule has 0 unspecified atom stereocenters. The molecular weight excluding hydrogens is 456 g/mol. The lowest BCUT2D eigenvalue weighted by Gasteiger charge is -2.37. The summed E-state index contributed by atoms with van der Waals surface area (Å²) in [6.07, 6.45) is 4.31. The number of amides is 2. The lowest BCUT2D eigenvalue weighted by atomic mass is 9.93. The molecule has 1 fully saturated rings. The van der Waals surface area contributed by atoms with Gasteiger partial charge >= 0.3 is 0 Å². The largest absolute Gasteiger partial charge is 0.503 e. The zero-order valence-electron chi connectivity index (χ0n) is 20.1. The van der Waals surface area contributed by atoms with Crippen LogP contribution in [0.15, 0.2) is 29.1 Å². The zero-order chi connectivity index (χ0) is 25.3. The molecule has 0 spiro atoms. The van der Waals surface area contributed by atoms with Crippen molar-refractivity contribution >= 4 is 11.8 Å². The molecule has 4 rings (SSSR count). The van der Waals surface area contributed by atoms with Crippen molar-refractivity contribution in [3.63, 3.8) is 0 Å². The number of carbonyl (C=O) groups is 2. The van der Waals surface area contributed by atoms with Gasteiger partial charge in [-0.05, 0) is 38.3 Å². The molecule has 2 aromatic rings. The number of carbonyl (C=O) groups excluding carboxylic acids is 2. The number of aromatic hydroxyl groups is 1. The third-order valence-electron chi connectivity index (χ3n) is 7.05. The van der Waals surface area contributed by atoms with Crippen LogP contribution in [0.3, 0.4) is 0 Å². The Bertz CT molecular complexity index is 1190. The lowest BCUT2D eigenvalue weighted by molar-refractivity contribution is -0.134. The van der Waals surface area contributed by atoms with Gasteiger partial charge in [-0.15, -0.1) is 0 Å². The number of rotatable bonds is 6. The summed E-state index contributed by atoms with van der Waals surface area (Å²) in [7, 11) is 0. The number of nitrogens with zero attached hydrogens (tertiary/aromatic N) is 3. The number of pyridine rings is 1. The molecule has 0 atom stereocenters. The van der Waals surface area contributed by atoms with Crippen molar-refractivity contribution in [2.75, 3.05) is 6.54 Å². The highest BCUT2D eigenvalue weighted by Gasteiger charge is 2.33. The van der Waals surface area contributed by atoms with Crippen LogP contribution in [0.1, 0.15) is 67.7 Å². The molecule has 1 N–H and O–H groups in total. The standard InChI is InChI=1S/C26H31F2N3O4/c1-16(2)29-10-11-30-20(14-22(32)25(34)24(30)26(29)35)15-31(19-6-4-3-5-7-19)23(33)12-17-8-9-18(27)13-21(17)28/h8-9,13-14,16,19,34H,3-7,10-12,15H2,1-2H3. The summed E-state index contributed by atoms with van der Waals surface area (Å²) >= 11 is 0. The van der Waals surface area contributed by atoms with Gasteiger partial charge in [-0.25, -0.2) is 8.78 Å². The highest BCUT2D eigenvalue weighted by atomic mass is 19.1. The minimum absolute atomic E-state index is 0.0593. The van der Waals surface area contributed by atoms with E-state index in [1.165, 1.54) is 12.1 Å². The summed E-state index contributed by atoms with van der Waals surface area (Å²) in [5.74, 6) is -2.83. The van der Waals surface area contributed by atoms with Crippen molar-refractivity contribution in [2.24, 2.45) is 0 Å². The second kappa shape index (κ2) is 10.2. The van der Waals surface area contributed by atoms with Crippen LogP contribution < -0.4 is 5.43 Å². The maximum absolute atomic E-state index is 14.3. The van der Waals surface area contributed by atoms with Gasteiger partial charge < -0.3 is 19.5 Å². The molecule has 1 aliphatic carbocycles. The summed E-state index contributed by atoms with van der Waals surface area (Å²) in [4.78, 5) is 42.4. The number of hydrogen-bond acceptors (Lipinski definition) is 4. The second-order valence-electron chi connectivity index (χ2n) is 9.67. The van der Waals surface area contributed by atoms with E-state index in [-0.39, 0.29) is 42.2 Å². The fourth-order valence-electron chi connectivity index (χ4n) is 5.14. The number of aromatic nitrogens is 1. The van der Waals surface area contributed by atoms with Crippen LogP contribution in [0, 0.1) is 11.6 Å². The van der Waals surface area contributed by atoms with E-state index in [0.29, 0.717) is 18.8 Å². The molecule has 1 aromatic carbocycles. The first-order valence-electron chi connectivity index (χ1n) is 12.2. The van der Waals surface area contributed by atoms with Crippen LogP contribution >= 0.6 is 0 Å². The Balaban J connectivity index is 1.69. The molecule has 1 aliphatic heterocycles. The number of halogens is 2. The SMILES string of the molecule is CC(C)N1CCn2c(CN(C(=O)Cc3ccc(F)cc3F)C3CCCCC3)cc(=O)c(O)c2C1=O. The number of fused-ring (bicyclic) bond motifs is 1. The van der Waals surface area contributed by atoms with E-state index in [0.717, 1.165) is 44.2 Å². The lowest BCUT2D eigenvalue weighted by Crippen LogP contribution is -2.47. The summed E-state index contributed by atoms with van der Waals surface area (Å²) < 4.78 is 29.3. The van der Waals surface area contributed by atoms with Gasteiger partial charge in [-0.3, -0.25) is 14.4 Å². The normalized spacial score (nSPS) is 16.5. The molecule has 0 bridgehead atoms. The van der Waals surface area contributed by atoms with E-state index < -0.39 is 28.7 Å². The predicted molar refractivity (Wildman–Crippen MR) is 126 cm³/mol. The predicted octanol–water partition coefficient (Wildman–Crippen LogP) is 3.60. The van der Waals surface area contributed by atoms with Gasteiger partial charge in [-0.1, -0.05) is 25.3 Å². The van der Waals surface area contributed by atoms with E-state index in [4.69, 9.17) is 0 Å². The van der Waals surface area contributed by atoms with Crippen molar-refractivity contribution in [3.05, 3.63) is 63.1 Å². The quantitative estimate of drug-likeness (QED) is 0.675. The first-order valence-corrected chi connectivity index (χ1v) is 12.2. The van der Waals surface area contributed by atoms with Crippen LogP contribution in [0.25, 0.3) is 0 Å². The van der Waals surface area contributed by atoms with Gasteiger partial charge in [0.1, 0.15) is 11.6 Å². The van der Waals surface area contributed by atoms with E-state index >= 15 is 0 Å². The van der Waals surface area contributed by atoms with Gasteiger partial charge in [0.15, 0.2) is 11.4 Å². The van der Waals surface area contributed by atoms with Crippen molar-refractivity contribution < 1.29 is 23.5 Å². The minimum Gasteiger partial charge on any atom is -0.503 e. The number of benzene rings is 1. The molecule has 7 nitrogen and oxygen atoms in total. The van der Waals surface area contributed by atoms with Gasteiger partial charge in [0.25, 0.3) is 5.91 Å². The topological polar surface area (TPSA) is 82.8 Å². The Labute approximate surface area is 203 Å². The Kier molecular flexibility index (Phi) is 7.23. The molecule has 9 heteroatoms. The fourth-order valence-corrected chi connectivity index (χ4v) is 5.14. The first kappa shape index (κ1) is 24.9. The van der Waals surface area contributed by atoms with E-state index in [2.05, 4.69) is 0 Å². The molecule has 2 aliphatic rings. The zero-order valence-corrected chi connectivity index (χ0v) is 20.1. The van der Waals surface area contributed by atoms with Gasteiger partial charge in [-0.2, -0.15) is 0 Å². The third kappa shape index (κ3) is 5.09. The Hall–Kier alpha value is -3.23.